The quantitative estimate of drug-likeness (QED) is 0.893. The predicted octanol–water partition coefficient (Wildman–Crippen LogP) is 2.33. The van der Waals surface area contributed by atoms with Crippen LogP contribution in [0.15, 0.2) is 12.4 Å². The van der Waals surface area contributed by atoms with E-state index in [9.17, 15) is 13.9 Å². The number of alkyl halides is 2. The van der Waals surface area contributed by atoms with Crippen molar-refractivity contribution in [1.29, 1.82) is 0 Å². The number of hydrogen-bond acceptors (Lipinski definition) is 5. The molecule has 1 aromatic heterocycles. The fraction of sp³-hybridized carbons (Fsp3) is 0.733. The lowest BCUT2D eigenvalue weighted by Crippen LogP contribution is -2.43. The molecule has 2 fully saturated rings. The zero-order valence-electron chi connectivity index (χ0n) is 12.4. The Balaban J connectivity index is 1.58. The van der Waals surface area contributed by atoms with Gasteiger partial charge in [0.05, 0.1) is 17.9 Å². The number of anilines is 1. The van der Waals surface area contributed by atoms with Crippen molar-refractivity contribution in [2.24, 2.45) is 0 Å². The normalized spacial score (nSPS) is 26.8. The molecule has 1 aliphatic carbocycles. The highest BCUT2D eigenvalue weighted by molar-refractivity contribution is 5.36. The molecule has 122 valence electrons. The van der Waals surface area contributed by atoms with E-state index in [2.05, 4.69) is 15.3 Å². The highest BCUT2D eigenvalue weighted by Gasteiger charge is 2.42. The summed E-state index contributed by atoms with van der Waals surface area (Å²) in [5, 5.41) is 13.4. The number of rotatable bonds is 4. The smallest absolute Gasteiger partial charge is 0.248 e. The van der Waals surface area contributed by atoms with E-state index in [0.717, 1.165) is 18.7 Å². The van der Waals surface area contributed by atoms with Gasteiger partial charge in [-0.25, -0.2) is 18.7 Å². The van der Waals surface area contributed by atoms with Crippen molar-refractivity contribution in [2.45, 2.75) is 49.5 Å². The zero-order chi connectivity index (χ0) is 15.6. The summed E-state index contributed by atoms with van der Waals surface area (Å²) in [6, 6.07) is 1.85. The van der Waals surface area contributed by atoms with Crippen LogP contribution < -0.4 is 5.32 Å². The number of nitrogens with zero attached hydrogens (tertiary/aromatic N) is 2. The Morgan fingerprint density at radius 3 is 2.73 bits per heavy atom. The average molecular weight is 313 g/mol. The summed E-state index contributed by atoms with van der Waals surface area (Å²) in [6.45, 7) is 1.63. The van der Waals surface area contributed by atoms with E-state index >= 15 is 0 Å². The second-order valence-electron chi connectivity index (χ2n) is 6.32. The van der Waals surface area contributed by atoms with E-state index in [1.54, 1.807) is 0 Å². The third-order valence-electron chi connectivity index (χ3n) is 4.55. The standard InChI is InChI=1S/C15H21F2N3O2/c16-15(17)4-2-14(21,3-5-15)9-18-13-7-12(19-10-20-13)11-1-6-22-8-11/h7,10-11,21H,1-6,8-9H2,(H,18,19,20)/t11-/m1/s1. The van der Waals surface area contributed by atoms with E-state index in [1.807, 2.05) is 6.07 Å². The van der Waals surface area contributed by atoms with Crippen LogP contribution in [0.4, 0.5) is 14.6 Å². The van der Waals surface area contributed by atoms with E-state index in [1.165, 1.54) is 6.33 Å². The molecule has 2 aliphatic rings. The highest BCUT2D eigenvalue weighted by Crippen LogP contribution is 2.38. The monoisotopic (exact) mass is 313 g/mol. The van der Waals surface area contributed by atoms with Crippen molar-refractivity contribution in [3.63, 3.8) is 0 Å². The molecule has 2 heterocycles. The van der Waals surface area contributed by atoms with Gasteiger partial charge in [0.15, 0.2) is 0 Å². The number of aromatic nitrogens is 2. The van der Waals surface area contributed by atoms with Gasteiger partial charge in [0, 0.05) is 38.0 Å². The van der Waals surface area contributed by atoms with Crippen LogP contribution >= 0.6 is 0 Å². The molecule has 3 rings (SSSR count). The minimum Gasteiger partial charge on any atom is -0.388 e. The molecule has 1 aromatic rings. The number of hydrogen-bond donors (Lipinski definition) is 2. The molecular formula is C15H21F2N3O2. The minimum atomic E-state index is -2.64. The zero-order valence-corrected chi connectivity index (χ0v) is 12.4. The first-order valence-electron chi connectivity index (χ1n) is 7.70. The van der Waals surface area contributed by atoms with Gasteiger partial charge in [0.1, 0.15) is 12.1 Å². The molecule has 0 bridgehead atoms. The number of aliphatic hydroxyl groups is 1. The molecule has 0 unspecified atom stereocenters. The lowest BCUT2D eigenvalue weighted by Gasteiger charge is -2.36. The highest BCUT2D eigenvalue weighted by atomic mass is 19.3. The van der Waals surface area contributed by atoms with E-state index in [0.29, 0.717) is 12.4 Å². The molecule has 5 nitrogen and oxygen atoms in total. The second kappa shape index (κ2) is 6.04. The molecule has 0 spiro atoms. The second-order valence-corrected chi connectivity index (χ2v) is 6.32. The van der Waals surface area contributed by atoms with Gasteiger partial charge in [0.25, 0.3) is 0 Å². The third kappa shape index (κ3) is 3.70. The van der Waals surface area contributed by atoms with Crippen molar-refractivity contribution in [1.82, 2.24) is 9.97 Å². The van der Waals surface area contributed by atoms with E-state index < -0.39 is 11.5 Å². The average Bonchev–Trinajstić information content (AvgIpc) is 3.04. The molecule has 1 aliphatic heterocycles. The first-order chi connectivity index (χ1) is 10.5. The van der Waals surface area contributed by atoms with Crippen LogP contribution in [0.25, 0.3) is 0 Å². The molecule has 1 atom stereocenters. The first-order valence-corrected chi connectivity index (χ1v) is 7.70. The van der Waals surface area contributed by atoms with Gasteiger partial charge in [-0.05, 0) is 19.3 Å². The Hall–Kier alpha value is -1.34. The number of nitrogens with one attached hydrogen (secondary N) is 1. The van der Waals surface area contributed by atoms with Crippen LogP contribution in [0.3, 0.4) is 0 Å². The maximum atomic E-state index is 13.2. The summed E-state index contributed by atoms with van der Waals surface area (Å²) in [7, 11) is 0. The van der Waals surface area contributed by atoms with Gasteiger partial charge in [-0.15, -0.1) is 0 Å². The van der Waals surface area contributed by atoms with E-state index in [4.69, 9.17) is 4.74 Å². The summed E-state index contributed by atoms with van der Waals surface area (Å²) in [4.78, 5) is 8.39. The molecule has 1 saturated heterocycles. The van der Waals surface area contributed by atoms with Crippen LogP contribution in [0.5, 0.6) is 0 Å². The predicted molar refractivity (Wildman–Crippen MR) is 77.1 cm³/mol. The Morgan fingerprint density at radius 2 is 2.05 bits per heavy atom. The Kier molecular flexibility index (Phi) is 4.27. The van der Waals surface area contributed by atoms with Crippen LogP contribution in [-0.2, 0) is 4.74 Å². The third-order valence-corrected chi connectivity index (χ3v) is 4.55. The largest absolute Gasteiger partial charge is 0.388 e. The van der Waals surface area contributed by atoms with Crippen molar-refractivity contribution in [3.05, 3.63) is 18.1 Å². The van der Waals surface area contributed by atoms with Gasteiger partial charge in [0.2, 0.25) is 5.92 Å². The van der Waals surface area contributed by atoms with E-state index in [-0.39, 0.29) is 38.1 Å². The fourth-order valence-corrected chi connectivity index (χ4v) is 2.97. The molecule has 2 N–H and O–H groups in total. The van der Waals surface area contributed by atoms with Crippen molar-refractivity contribution in [3.8, 4) is 0 Å². The van der Waals surface area contributed by atoms with Gasteiger partial charge in [-0.3, -0.25) is 0 Å². The first kappa shape index (κ1) is 15.6. The van der Waals surface area contributed by atoms with Crippen molar-refractivity contribution in [2.75, 3.05) is 25.1 Å². The summed E-state index contributed by atoms with van der Waals surface area (Å²) >= 11 is 0. The lowest BCUT2D eigenvalue weighted by molar-refractivity contribution is -0.0978. The minimum absolute atomic E-state index is 0.0986. The Morgan fingerprint density at radius 1 is 1.27 bits per heavy atom. The lowest BCUT2D eigenvalue weighted by atomic mass is 9.83. The molecule has 7 heteroatoms. The fourth-order valence-electron chi connectivity index (χ4n) is 2.97. The van der Waals surface area contributed by atoms with Gasteiger partial charge < -0.3 is 15.2 Å². The van der Waals surface area contributed by atoms with Crippen molar-refractivity contribution < 1.29 is 18.6 Å². The van der Waals surface area contributed by atoms with Crippen molar-refractivity contribution >= 4 is 5.82 Å². The summed E-state index contributed by atoms with van der Waals surface area (Å²) in [6.07, 6.45) is 2.09. The Bertz CT molecular complexity index is 511. The molecule has 0 aromatic carbocycles. The number of halogens is 2. The molecular weight excluding hydrogens is 292 g/mol. The number of ether oxygens (including phenoxy) is 1. The van der Waals surface area contributed by atoms with Crippen LogP contribution in [0, 0.1) is 0 Å². The summed E-state index contributed by atoms with van der Waals surface area (Å²) in [5.74, 6) is -1.75. The van der Waals surface area contributed by atoms with Crippen LogP contribution in [0.2, 0.25) is 0 Å². The van der Waals surface area contributed by atoms with Gasteiger partial charge in [-0.1, -0.05) is 0 Å². The van der Waals surface area contributed by atoms with Crippen LogP contribution in [0.1, 0.15) is 43.7 Å². The molecule has 1 saturated carbocycles. The Labute approximate surface area is 128 Å². The SMILES string of the molecule is OC1(CNc2cc([C@@H]3CCOC3)ncn2)CCC(F)(F)CC1. The maximum absolute atomic E-state index is 13.2. The molecule has 22 heavy (non-hydrogen) atoms. The van der Waals surface area contributed by atoms with Crippen LogP contribution in [-0.4, -0.2) is 46.4 Å². The topological polar surface area (TPSA) is 67.3 Å². The van der Waals surface area contributed by atoms with Gasteiger partial charge >= 0.3 is 0 Å². The molecule has 0 radical (unpaired) electrons. The maximum Gasteiger partial charge on any atom is 0.248 e. The molecule has 0 amide bonds. The summed E-state index contributed by atoms with van der Waals surface area (Å²) in [5.41, 5.74) is -0.180. The van der Waals surface area contributed by atoms with Gasteiger partial charge in [-0.2, -0.15) is 0 Å². The summed E-state index contributed by atoms with van der Waals surface area (Å²) < 4.78 is 31.7.